The summed E-state index contributed by atoms with van der Waals surface area (Å²) >= 11 is 3.46. The third kappa shape index (κ3) is 3.45. The molecule has 0 unspecified atom stereocenters. The smallest absolute Gasteiger partial charge is 0.132 e. The highest BCUT2D eigenvalue weighted by Crippen LogP contribution is 2.13. The van der Waals surface area contributed by atoms with Crippen LogP contribution >= 0.6 is 15.9 Å². The zero-order chi connectivity index (χ0) is 11.3. The summed E-state index contributed by atoms with van der Waals surface area (Å²) in [6.45, 7) is 8.17. The van der Waals surface area contributed by atoms with E-state index in [-0.39, 0.29) is 0 Å². The van der Waals surface area contributed by atoms with Gasteiger partial charge in [0.25, 0.3) is 0 Å². The minimum atomic E-state index is 0.859. The SMILES string of the molecule is CCc1cc(N(CC)CCBr)nc(C)n1. The molecule has 1 rings (SSSR count). The average Bonchev–Trinajstić information content (AvgIpc) is 2.24. The van der Waals surface area contributed by atoms with Crippen LogP contribution in [0.1, 0.15) is 25.4 Å². The van der Waals surface area contributed by atoms with E-state index in [1.54, 1.807) is 0 Å². The summed E-state index contributed by atoms with van der Waals surface area (Å²) in [7, 11) is 0. The first-order chi connectivity index (χ1) is 7.21. The van der Waals surface area contributed by atoms with Gasteiger partial charge in [-0.05, 0) is 20.3 Å². The second-order valence-corrected chi connectivity index (χ2v) is 4.18. The lowest BCUT2D eigenvalue weighted by atomic mass is 10.3. The van der Waals surface area contributed by atoms with Gasteiger partial charge in [0.1, 0.15) is 11.6 Å². The van der Waals surface area contributed by atoms with Crippen molar-refractivity contribution in [1.82, 2.24) is 9.97 Å². The average molecular weight is 272 g/mol. The van der Waals surface area contributed by atoms with Crippen LogP contribution in [0.5, 0.6) is 0 Å². The molecule has 0 fully saturated rings. The van der Waals surface area contributed by atoms with Crippen molar-refractivity contribution in [3.8, 4) is 0 Å². The number of alkyl halides is 1. The van der Waals surface area contributed by atoms with Gasteiger partial charge in [0.05, 0.1) is 0 Å². The number of nitrogens with zero attached hydrogens (tertiary/aromatic N) is 3. The molecule has 0 atom stereocenters. The molecule has 0 saturated heterocycles. The van der Waals surface area contributed by atoms with E-state index >= 15 is 0 Å². The van der Waals surface area contributed by atoms with Gasteiger partial charge < -0.3 is 4.90 Å². The number of aryl methyl sites for hydroxylation is 2. The molecule has 0 aliphatic rings. The van der Waals surface area contributed by atoms with Crippen molar-refractivity contribution in [3.63, 3.8) is 0 Å². The summed E-state index contributed by atoms with van der Waals surface area (Å²) in [5.74, 6) is 1.90. The van der Waals surface area contributed by atoms with Crippen molar-refractivity contribution in [1.29, 1.82) is 0 Å². The second kappa shape index (κ2) is 6.05. The van der Waals surface area contributed by atoms with Crippen LogP contribution in [0.2, 0.25) is 0 Å². The third-order valence-corrected chi connectivity index (χ3v) is 2.65. The number of rotatable bonds is 5. The van der Waals surface area contributed by atoms with Crippen LogP contribution in [0.15, 0.2) is 6.07 Å². The fourth-order valence-electron chi connectivity index (χ4n) is 1.49. The fraction of sp³-hybridized carbons (Fsp3) is 0.636. The maximum atomic E-state index is 4.47. The Morgan fingerprint density at radius 1 is 1.33 bits per heavy atom. The highest BCUT2D eigenvalue weighted by atomic mass is 79.9. The van der Waals surface area contributed by atoms with Gasteiger partial charge in [-0.1, -0.05) is 22.9 Å². The van der Waals surface area contributed by atoms with Crippen LogP contribution in [0.25, 0.3) is 0 Å². The molecule has 0 aliphatic carbocycles. The lowest BCUT2D eigenvalue weighted by Crippen LogP contribution is -2.26. The van der Waals surface area contributed by atoms with Crippen molar-refractivity contribution in [2.75, 3.05) is 23.3 Å². The third-order valence-electron chi connectivity index (χ3n) is 2.30. The Morgan fingerprint density at radius 3 is 2.60 bits per heavy atom. The molecule has 0 bridgehead atoms. The second-order valence-electron chi connectivity index (χ2n) is 3.39. The Balaban J connectivity index is 2.95. The summed E-state index contributed by atoms with van der Waals surface area (Å²) in [5.41, 5.74) is 1.12. The van der Waals surface area contributed by atoms with E-state index in [2.05, 4.69) is 50.7 Å². The normalized spacial score (nSPS) is 10.4. The van der Waals surface area contributed by atoms with Gasteiger partial charge in [-0.3, -0.25) is 0 Å². The topological polar surface area (TPSA) is 29.0 Å². The van der Waals surface area contributed by atoms with Crippen LogP contribution in [0, 0.1) is 6.92 Å². The molecule has 0 saturated carbocycles. The first-order valence-electron chi connectivity index (χ1n) is 5.36. The lowest BCUT2D eigenvalue weighted by Gasteiger charge is -2.21. The number of hydrogen-bond donors (Lipinski definition) is 0. The quantitative estimate of drug-likeness (QED) is 0.771. The summed E-state index contributed by atoms with van der Waals surface area (Å²) in [6, 6.07) is 2.08. The van der Waals surface area contributed by atoms with E-state index in [1.807, 2.05) is 6.92 Å². The zero-order valence-corrected chi connectivity index (χ0v) is 11.2. The van der Waals surface area contributed by atoms with Crippen molar-refractivity contribution in [3.05, 3.63) is 17.6 Å². The molecule has 0 N–H and O–H groups in total. The van der Waals surface area contributed by atoms with E-state index in [4.69, 9.17) is 0 Å². The van der Waals surface area contributed by atoms with E-state index in [0.717, 1.165) is 42.2 Å². The maximum Gasteiger partial charge on any atom is 0.132 e. The zero-order valence-electron chi connectivity index (χ0n) is 9.63. The maximum absolute atomic E-state index is 4.47. The predicted octanol–water partition coefficient (Wildman–Crippen LogP) is 2.57. The number of halogens is 1. The van der Waals surface area contributed by atoms with Gasteiger partial charge in [0, 0.05) is 30.2 Å². The molecule has 1 aromatic rings. The van der Waals surface area contributed by atoms with Crippen LogP contribution in [-0.4, -0.2) is 28.4 Å². The molecule has 0 amide bonds. The monoisotopic (exact) mass is 271 g/mol. The van der Waals surface area contributed by atoms with Crippen LogP contribution in [0.3, 0.4) is 0 Å². The Kier molecular flexibility index (Phi) is 5.02. The standard InChI is InChI=1S/C11H18BrN3/c1-4-10-8-11(14-9(3)13-10)15(5-2)7-6-12/h8H,4-7H2,1-3H3. The number of anilines is 1. The van der Waals surface area contributed by atoms with Gasteiger partial charge in [-0.15, -0.1) is 0 Å². The Bertz CT molecular complexity index is 315. The van der Waals surface area contributed by atoms with Crippen LogP contribution in [-0.2, 0) is 6.42 Å². The van der Waals surface area contributed by atoms with Gasteiger partial charge in [-0.25, -0.2) is 9.97 Å². The first-order valence-corrected chi connectivity index (χ1v) is 6.48. The largest absolute Gasteiger partial charge is 0.356 e. The van der Waals surface area contributed by atoms with Crippen molar-refractivity contribution >= 4 is 21.7 Å². The van der Waals surface area contributed by atoms with Crippen LogP contribution in [0.4, 0.5) is 5.82 Å². The Hall–Kier alpha value is -0.640. The molecule has 84 valence electrons. The summed E-state index contributed by atoms with van der Waals surface area (Å²) in [4.78, 5) is 11.1. The molecule has 1 heterocycles. The van der Waals surface area contributed by atoms with Crippen molar-refractivity contribution in [2.24, 2.45) is 0 Å². The van der Waals surface area contributed by atoms with E-state index < -0.39 is 0 Å². The highest BCUT2D eigenvalue weighted by molar-refractivity contribution is 9.09. The Labute approximate surface area is 100 Å². The molecular weight excluding hydrogens is 254 g/mol. The van der Waals surface area contributed by atoms with Crippen molar-refractivity contribution < 1.29 is 0 Å². The van der Waals surface area contributed by atoms with Gasteiger partial charge >= 0.3 is 0 Å². The predicted molar refractivity (Wildman–Crippen MR) is 67.8 cm³/mol. The summed E-state index contributed by atoms with van der Waals surface area (Å²) < 4.78 is 0. The van der Waals surface area contributed by atoms with Crippen molar-refractivity contribution in [2.45, 2.75) is 27.2 Å². The molecule has 0 aliphatic heterocycles. The van der Waals surface area contributed by atoms with Gasteiger partial charge in [-0.2, -0.15) is 0 Å². The molecular formula is C11H18BrN3. The first kappa shape index (κ1) is 12.4. The summed E-state index contributed by atoms with van der Waals surface area (Å²) in [5, 5.41) is 0.964. The van der Waals surface area contributed by atoms with Gasteiger partial charge in [0.2, 0.25) is 0 Å². The van der Waals surface area contributed by atoms with Crippen LogP contribution < -0.4 is 4.90 Å². The summed E-state index contributed by atoms with van der Waals surface area (Å²) in [6.07, 6.45) is 0.961. The van der Waals surface area contributed by atoms with E-state index in [9.17, 15) is 0 Å². The molecule has 0 radical (unpaired) electrons. The lowest BCUT2D eigenvalue weighted by molar-refractivity contribution is 0.830. The van der Waals surface area contributed by atoms with E-state index in [0.29, 0.717) is 0 Å². The van der Waals surface area contributed by atoms with Gasteiger partial charge in [0.15, 0.2) is 0 Å². The fourth-order valence-corrected chi connectivity index (χ4v) is 1.92. The van der Waals surface area contributed by atoms with E-state index in [1.165, 1.54) is 0 Å². The number of hydrogen-bond acceptors (Lipinski definition) is 3. The molecule has 15 heavy (non-hydrogen) atoms. The minimum absolute atomic E-state index is 0.859. The number of aromatic nitrogens is 2. The molecule has 3 nitrogen and oxygen atoms in total. The molecule has 0 spiro atoms. The molecule has 0 aromatic carbocycles. The minimum Gasteiger partial charge on any atom is -0.356 e. The molecule has 4 heteroatoms. The molecule has 1 aromatic heterocycles. The highest BCUT2D eigenvalue weighted by Gasteiger charge is 2.07. The Morgan fingerprint density at radius 2 is 2.07 bits per heavy atom.